The van der Waals surface area contributed by atoms with E-state index in [-0.39, 0.29) is 5.01 Å². The summed E-state index contributed by atoms with van der Waals surface area (Å²) >= 11 is 6.78. The lowest BCUT2D eigenvalue weighted by Gasteiger charge is -2.01. The molecular weight excluding hydrogens is 275 g/mol. The number of nitrogens with zero attached hydrogens (tertiary/aromatic N) is 1. The van der Waals surface area contributed by atoms with Gasteiger partial charge in [-0.1, -0.05) is 11.6 Å². The maximum atomic E-state index is 12.1. The normalized spacial score (nSPS) is 12.0. The van der Waals surface area contributed by atoms with Crippen molar-refractivity contribution in [2.45, 2.75) is 12.6 Å². The predicted molar refractivity (Wildman–Crippen MR) is 59.4 cm³/mol. The molecule has 0 aliphatic heterocycles. The van der Waals surface area contributed by atoms with Gasteiger partial charge in [0, 0.05) is 5.02 Å². The second kappa shape index (κ2) is 4.27. The molecule has 2 aromatic rings. The number of ketones is 1. The van der Waals surface area contributed by atoms with E-state index < -0.39 is 18.4 Å². The minimum atomic E-state index is -4.81. The first kappa shape index (κ1) is 12.3. The third-order valence-electron chi connectivity index (χ3n) is 2.02. The predicted octanol–water partition coefficient (Wildman–Crippen LogP) is 3.62. The van der Waals surface area contributed by atoms with Gasteiger partial charge in [0.25, 0.3) is 0 Å². The number of hydrogen-bond donors (Lipinski definition) is 0. The van der Waals surface area contributed by atoms with Crippen molar-refractivity contribution in [3.63, 3.8) is 0 Å². The second-order valence-corrected chi connectivity index (χ2v) is 4.87. The molecule has 17 heavy (non-hydrogen) atoms. The Kier molecular flexibility index (Phi) is 3.09. The van der Waals surface area contributed by atoms with Crippen molar-refractivity contribution in [2.75, 3.05) is 0 Å². The van der Waals surface area contributed by atoms with Gasteiger partial charge in [-0.3, -0.25) is 4.79 Å². The van der Waals surface area contributed by atoms with E-state index in [0.29, 0.717) is 15.2 Å². The molecule has 0 amide bonds. The summed E-state index contributed by atoms with van der Waals surface area (Å²) in [7, 11) is 0. The highest BCUT2D eigenvalue weighted by atomic mass is 35.5. The number of benzene rings is 1. The summed E-state index contributed by atoms with van der Waals surface area (Å²) in [5.41, 5.74) is 0.546. The molecule has 0 saturated carbocycles. The van der Waals surface area contributed by atoms with Gasteiger partial charge in [0.2, 0.25) is 5.78 Å². The fourth-order valence-corrected chi connectivity index (χ4v) is 2.50. The van der Waals surface area contributed by atoms with Gasteiger partial charge >= 0.3 is 6.18 Å². The van der Waals surface area contributed by atoms with E-state index in [9.17, 15) is 18.0 Å². The van der Waals surface area contributed by atoms with Crippen molar-refractivity contribution >= 4 is 38.9 Å². The summed E-state index contributed by atoms with van der Waals surface area (Å²) in [5, 5.41) is 0.624. The van der Waals surface area contributed by atoms with E-state index in [2.05, 4.69) is 4.98 Å². The molecule has 0 spiro atoms. The Hall–Kier alpha value is -1.14. The highest BCUT2D eigenvalue weighted by molar-refractivity contribution is 7.18. The summed E-state index contributed by atoms with van der Waals surface area (Å²) in [4.78, 5) is 14.7. The van der Waals surface area contributed by atoms with Crippen LogP contribution < -0.4 is 0 Å². The molecule has 0 atom stereocenters. The summed E-state index contributed by atoms with van der Waals surface area (Å²) < 4.78 is 36.9. The standard InChI is InChI=1S/C10H5ClF3NOS/c11-5-1-2-6-7(3-5)17-9(15-6)4-8(16)10(12,13)14/h1-3H,4H2. The van der Waals surface area contributed by atoms with Crippen molar-refractivity contribution in [2.24, 2.45) is 0 Å². The first-order valence-electron chi connectivity index (χ1n) is 4.51. The van der Waals surface area contributed by atoms with Gasteiger partial charge in [-0.15, -0.1) is 11.3 Å². The molecule has 7 heteroatoms. The largest absolute Gasteiger partial charge is 0.450 e. The number of alkyl halides is 3. The molecule has 2 rings (SSSR count). The highest BCUT2D eigenvalue weighted by Gasteiger charge is 2.38. The van der Waals surface area contributed by atoms with E-state index in [1.807, 2.05) is 0 Å². The van der Waals surface area contributed by atoms with Gasteiger partial charge in [-0.2, -0.15) is 13.2 Å². The van der Waals surface area contributed by atoms with Gasteiger partial charge in [-0.05, 0) is 18.2 Å². The van der Waals surface area contributed by atoms with E-state index in [1.54, 1.807) is 18.2 Å². The Morgan fingerprint density at radius 1 is 1.41 bits per heavy atom. The summed E-state index contributed by atoms with van der Waals surface area (Å²) in [6, 6.07) is 4.81. The topological polar surface area (TPSA) is 30.0 Å². The van der Waals surface area contributed by atoms with Gasteiger partial charge in [0.05, 0.1) is 16.6 Å². The number of hydrogen-bond acceptors (Lipinski definition) is 3. The van der Waals surface area contributed by atoms with Crippen LogP contribution in [0.3, 0.4) is 0 Å². The van der Waals surface area contributed by atoms with Crippen molar-refractivity contribution in [3.8, 4) is 0 Å². The van der Waals surface area contributed by atoms with Crippen LogP contribution in [0.4, 0.5) is 13.2 Å². The zero-order valence-corrected chi connectivity index (χ0v) is 9.79. The Morgan fingerprint density at radius 2 is 2.12 bits per heavy atom. The lowest BCUT2D eigenvalue weighted by atomic mass is 10.3. The van der Waals surface area contributed by atoms with Crippen LogP contribution in [-0.4, -0.2) is 16.9 Å². The lowest BCUT2D eigenvalue weighted by Crippen LogP contribution is -2.24. The monoisotopic (exact) mass is 279 g/mol. The van der Waals surface area contributed by atoms with Crippen LogP contribution in [-0.2, 0) is 11.2 Å². The lowest BCUT2D eigenvalue weighted by molar-refractivity contribution is -0.170. The smallest absolute Gasteiger partial charge is 0.289 e. The molecule has 0 unspecified atom stereocenters. The molecule has 1 heterocycles. The van der Waals surface area contributed by atoms with Crippen molar-refractivity contribution in [1.29, 1.82) is 0 Å². The molecule has 90 valence electrons. The molecule has 2 nitrogen and oxygen atoms in total. The van der Waals surface area contributed by atoms with E-state index in [1.165, 1.54) is 0 Å². The van der Waals surface area contributed by atoms with Crippen LogP contribution >= 0.6 is 22.9 Å². The van der Waals surface area contributed by atoms with E-state index in [4.69, 9.17) is 11.6 Å². The van der Waals surface area contributed by atoms with Crippen LogP contribution in [0.2, 0.25) is 5.02 Å². The number of rotatable bonds is 2. The van der Waals surface area contributed by atoms with Gasteiger partial charge in [0.1, 0.15) is 5.01 Å². The van der Waals surface area contributed by atoms with Crippen molar-refractivity contribution < 1.29 is 18.0 Å². The van der Waals surface area contributed by atoms with Gasteiger partial charge in [-0.25, -0.2) is 4.98 Å². The SMILES string of the molecule is O=C(Cc1nc2ccc(Cl)cc2s1)C(F)(F)F. The Labute approximate surface area is 103 Å². The molecular formula is C10H5ClF3NOS. The van der Waals surface area contributed by atoms with E-state index >= 15 is 0 Å². The summed E-state index contributed by atoms with van der Waals surface area (Å²) in [5.74, 6) is -1.79. The molecule has 0 bridgehead atoms. The summed E-state index contributed by atoms with van der Waals surface area (Å²) in [6.07, 6.45) is -5.53. The Balaban J connectivity index is 2.29. The van der Waals surface area contributed by atoms with Gasteiger partial charge < -0.3 is 0 Å². The van der Waals surface area contributed by atoms with Crippen molar-refractivity contribution in [1.82, 2.24) is 4.98 Å². The molecule has 1 aromatic heterocycles. The number of carbonyl (C=O) groups is 1. The maximum Gasteiger partial charge on any atom is 0.450 e. The molecule has 1 aromatic carbocycles. The first-order valence-corrected chi connectivity index (χ1v) is 5.71. The zero-order chi connectivity index (χ0) is 12.6. The zero-order valence-electron chi connectivity index (χ0n) is 8.21. The fraction of sp³-hybridized carbons (Fsp3) is 0.200. The van der Waals surface area contributed by atoms with Crippen LogP contribution in [0.25, 0.3) is 10.2 Å². The fourth-order valence-electron chi connectivity index (χ4n) is 1.26. The van der Waals surface area contributed by atoms with Crippen LogP contribution in [0.1, 0.15) is 5.01 Å². The average Bonchev–Trinajstić information content (AvgIpc) is 2.57. The minimum Gasteiger partial charge on any atom is -0.289 e. The first-order chi connectivity index (χ1) is 7.86. The van der Waals surface area contributed by atoms with Crippen LogP contribution in [0, 0.1) is 0 Å². The molecule has 0 aliphatic rings. The number of thiazole rings is 1. The van der Waals surface area contributed by atoms with Crippen LogP contribution in [0.5, 0.6) is 0 Å². The number of fused-ring (bicyclic) bond motifs is 1. The quantitative estimate of drug-likeness (QED) is 0.840. The third kappa shape index (κ3) is 2.76. The number of Topliss-reactive ketones (excluding diaryl/α,β-unsaturated/α-hetero) is 1. The number of halogens is 4. The molecule has 0 radical (unpaired) electrons. The molecule has 0 fully saturated rings. The average molecular weight is 280 g/mol. The molecule has 0 saturated heterocycles. The minimum absolute atomic E-state index is 0.143. The summed E-state index contributed by atoms with van der Waals surface area (Å²) in [6.45, 7) is 0. The van der Waals surface area contributed by atoms with E-state index in [0.717, 1.165) is 11.3 Å². The van der Waals surface area contributed by atoms with Crippen LogP contribution in [0.15, 0.2) is 18.2 Å². The maximum absolute atomic E-state index is 12.1. The van der Waals surface area contributed by atoms with Gasteiger partial charge in [0.15, 0.2) is 0 Å². The second-order valence-electron chi connectivity index (χ2n) is 3.32. The Bertz CT molecular complexity index is 578. The van der Waals surface area contributed by atoms with Crippen molar-refractivity contribution in [3.05, 3.63) is 28.2 Å². The molecule has 0 N–H and O–H groups in total. The third-order valence-corrected chi connectivity index (χ3v) is 3.28. The Morgan fingerprint density at radius 3 is 2.76 bits per heavy atom. The highest BCUT2D eigenvalue weighted by Crippen LogP contribution is 2.27. The molecule has 0 aliphatic carbocycles. The number of carbonyl (C=O) groups excluding carboxylic acids is 1. The number of aromatic nitrogens is 1.